The van der Waals surface area contributed by atoms with Crippen molar-refractivity contribution in [2.75, 3.05) is 6.54 Å². The van der Waals surface area contributed by atoms with E-state index >= 15 is 0 Å². The van der Waals surface area contributed by atoms with Crippen molar-refractivity contribution in [2.24, 2.45) is 0 Å². The maximum atomic E-state index is 11.6. The zero-order chi connectivity index (χ0) is 12.1. The number of rotatable bonds is 5. The molecular weight excluding hydrogens is 300 g/mol. The highest BCUT2D eigenvalue weighted by molar-refractivity contribution is 9.10. The first-order valence-corrected chi connectivity index (χ1v) is 7.65. The summed E-state index contributed by atoms with van der Waals surface area (Å²) < 4.78 is 1.12. The van der Waals surface area contributed by atoms with Crippen LogP contribution in [-0.2, 0) is 11.3 Å². The van der Waals surface area contributed by atoms with E-state index in [0.29, 0.717) is 12.6 Å². The van der Waals surface area contributed by atoms with Crippen LogP contribution in [0.1, 0.15) is 30.6 Å². The average Bonchev–Trinajstić information content (AvgIpc) is 2.91. The minimum Gasteiger partial charge on any atom is -0.352 e. The highest BCUT2D eigenvalue weighted by Gasteiger charge is 2.16. The Kier molecular flexibility index (Phi) is 5.00. The van der Waals surface area contributed by atoms with Crippen LogP contribution in [0.5, 0.6) is 0 Å². The topological polar surface area (TPSA) is 41.1 Å². The Morgan fingerprint density at radius 1 is 1.47 bits per heavy atom. The maximum absolute atomic E-state index is 11.6. The molecule has 1 aliphatic carbocycles. The van der Waals surface area contributed by atoms with E-state index in [9.17, 15) is 4.79 Å². The molecule has 1 fully saturated rings. The molecule has 1 heterocycles. The molecule has 0 spiro atoms. The summed E-state index contributed by atoms with van der Waals surface area (Å²) >= 11 is 5.17. The molecule has 1 amide bonds. The Morgan fingerprint density at radius 2 is 2.24 bits per heavy atom. The molecule has 5 heteroatoms. The number of thiophene rings is 1. The first-order valence-electron chi connectivity index (χ1n) is 5.97. The molecule has 0 saturated heterocycles. The number of nitrogens with one attached hydrogen (secondary N) is 2. The number of amides is 1. The summed E-state index contributed by atoms with van der Waals surface area (Å²) in [4.78, 5) is 12.9. The molecule has 0 atom stereocenters. The van der Waals surface area contributed by atoms with Gasteiger partial charge in [0, 0.05) is 21.9 Å². The minimum absolute atomic E-state index is 0.115. The second kappa shape index (κ2) is 6.52. The third-order valence-corrected chi connectivity index (χ3v) is 4.91. The lowest BCUT2D eigenvalue weighted by molar-refractivity contribution is -0.120. The van der Waals surface area contributed by atoms with Crippen LogP contribution in [-0.4, -0.2) is 18.5 Å². The quantitative estimate of drug-likeness (QED) is 0.877. The number of carbonyl (C=O) groups excluding carboxylic acids is 1. The number of hydrogen-bond donors (Lipinski definition) is 2. The summed E-state index contributed by atoms with van der Waals surface area (Å²) in [6, 6.07) is 2.44. The van der Waals surface area contributed by atoms with Crippen LogP contribution in [0.4, 0.5) is 0 Å². The van der Waals surface area contributed by atoms with Crippen molar-refractivity contribution < 1.29 is 4.79 Å². The van der Waals surface area contributed by atoms with E-state index in [4.69, 9.17) is 0 Å². The van der Waals surface area contributed by atoms with Gasteiger partial charge >= 0.3 is 0 Å². The third kappa shape index (κ3) is 4.08. The lowest BCUT2D eigenvalue weighted by Gasteiger charge is -2.12. The Morgan fingerprint density at radius 3 is 2.88 bits per heavy atom. The van der Waals surface area contributed by atoms with Gasteiger partial charge < -0.3 is 10.6 Å². The lowest BCUT2D eigenvalue weighted by atomic mass is 10.2. The predicted octanol–water partition coefficient (Wildman–Crippen LogP) is 2.66. The lowest BCUT2D eigenvalue weighted by Crippen LogP contribution is -2.38. The van der Waals surface area contributed by atoms with E-state index in [-0.39, 0.29) is 5.91 Å². The summed E-state index contributed by atoms with van der Waals surface area (Å²) in [5, 5.41) is 8.28. The number of halogens is 1. The fourth-order valence-electron chi connectivity index (χ4n) is 2.09. The Hall–Kier alpha value is -0.390. The largest absolute Gasteiger partial charge is 0.352 e. The SMILES string of the molecule is O=C(CNCc1sccc1Br)NC1CCCC1. The zero-order valence-electron chi connectivity index (χ0n) is 9.67. The van der Waals surface area contributed by atoms with Gasteiger partial charge in [0.15, 0.2) is 0 Å². The van der Waals surface area contributed by atoms with Gasteiger partial charge in [-0.25, -0.2) is 0 Å². The zero-order valence-corrected chi connectivity index (χ0v) is 12.1. The molecule has 1 aromatic rings. The van der Waals surface area contributed by atoms with Crippen LogP contribution >= 0.6 is 27.3 Å². The molecular formula is C12H17BrN2OS. The highest BCUT2D eigenvalue weighted by Crippen LogP contribution is 2.22. The van der Waals surface area contributed by atoms with E-state index in [1.54, 1.807) is 11.3 Å². The molecule has 94 valence electrons. The molecule has 3 nitrogen and oxygen atoms in total. The van der Waals surface area contributed by atoms with Crippen LogP contribution < -0.4 is 10.6 Å². The first kappa shape index (κ1) is 13.1. The fourth-order valence-corrected chi connectivity index (χ4v) is 3.55. The van der Waals surface area contributed by atoms with Gasteiger partial charge in [-0.1, -0.05) is 12.8 Å². The van der Waals surface area contributed by atoms with Gasteiger partial charge in [0.25, 0.3) is 0 Å². The van der Waals surface area contributed by atoms with Crippen molar-refractivity contribution in [3.8, 4) is 0 Å². The van der Waals surface area contributed by atoms with Gasteiger partial charge in [-0.05, 0) is 40.2 Å². The van der Waals surface area contributed by atoms with E-state index in [2.05, 4.69) is 26.6 Å². The molecule has 0 aromatic carbocycles. The summed E-state index contributed by atoms with van der Waals surface area (Å²) in [6.45, 7) is 1.15. The fraction of sp³-hybridized carbons (Fsp3) is 0.583. The van der Waals surface area contributed by atoms with Gasteiger partial charge in [0.05, 0.1) is 6.54 Å². The van der Waals surface area contributed by atoms with E-state index in [0.717, 1.165) is 23.9 Å². The van der Waals surface area contributed by atoms with Gasteiger partial charge in [-0.15, -0.1) is 11.3 Å². The smallest absolute Gasteiger partial charge is 0.234 e. The average molecular weight is 317 g/mol. The molecule has 0 unspecified atom stereocenters. The molecule has 1 aliphatic rings. The normalized spacial score (nSPS) is 16.3. The second-order valence-corrected chi connectivity index (χ2v) is 6.20. The second-order valence-electron chi connectivity index (χ2n) is 4.34. The monoisotopic (exact) mass is 316 g/mol. The molecule has 0 bridgehead atoms. The Labute approximate surface area is 114 Å². The van der Waals surface area contributed by atoms with E-state index in [1.165, 1.54) is 17.7 Å². The molecule has 2 N–H and O–H groups in total. The van der Waals surface area contributed by atoms with Gasteiger partial charge in [0.1, 0.15) is 0 Å². The van der Waals surface area contributed by atoms with Crippen LogP contribution in [0.2, 0.25) is 0 Å². The van der Waals surface area contributed by atoms with Crippen LogP contribution in [0.25, 0.3) is 0 Å². The van der Waals surface area contributed by atoms with E-state index in [1.807, 2.05) is 11.4 Å². The molecule has 0 radical (unpaired) electrons. The van der Waals surface area contributed by atoms with Crippen molar-refractivity contribution in [3.05, 3.63) is 20.8 Å². The first-order chi connectivity index (χ1) is 8.25. The number of carbonyl (C=O) groups is 1. The minimum atomic E-state index is 0.115. The summed E-state index contributed by atoms with van der Waals surface area (Å²) in [7, 11) is 0. The Bertz CT molecular complexity index is 374. The molecule has 17 heavy (non-hydrogen) atoms. The number of hydrogen-bond acceptors (Lipinski definition) is 3. The van der Waals surface area contributed by atoms with Crippen LogP contribution in [0, 0.1) is 0 Å². The van der Waals surface area contributed by atoms with Crippen molar-refractivity contribution in [1.82, 2.24) is 10.6 Å². The van der Waals surface area contributed by atoms with Crippen molar-refractivity contribution >= 4 is 33.2 Å². The summed E-state index contributed by atoms with van der Waals surface area (Å²) in [5.74, 6) is 0.115. The van der Waals surface area contributed by atoms with Crippen LogP contribution in [0.15, 0.2) is 15.9 Å². The molecule has 1 aromatic heterocycles. The Balaban J connectivity index is 1.64. The highest BCUT2D eigenvalue weighted by atomic mass is 79.9. The molecule has 0 aliphatic heterocycles. The van der Waals surface area contributed by atoms with Crippen LogP contribution in [0.3, 0.4) is 0 Å². The predicted molar refractivity (Wildman–Crippen MR) is 74.1 cm³/mol. The summed E-state index contributed by atoms with van der Waals surface area (Å²) in [6.07, 6.45) is 4.78. The van der Waals surface area contributed by atoms with Gasteiger partial charge in [-0.3, -0.25) is 4.79 Å². The maximum Gasteiger partial charge on any atom is 0.234 e. The van der Waals surface area contributed by atoms with E-state index < -0.39 is 0 Å². The van der Waals surface area contributed by atoms with Crippen molar-refractivity contribution in [3.63, 3.8) is 0 Å². The third-order valence-electron chi connectivity index (χ3n) is 2.98. The summed E-state index contributed by atoms with van der Waals surface area (Å²) in [5.41, 5.74) is 0. The van der Waals surface area contributed by atoms with Crippen molar-refractivity contribution in [1.29, 1.82) is 0 Å². The van der Waals surface area contributed by atoms with Gasteiger partial charge in [-0.2, -0.15) is 0 Å². The molecule has 1 saturated carbocycles. The van der Waals surface area contributed by atoms with Gasteiger partial charge in [0.2, 0.25) is 5.91 Å². The standard InChI is InChI=1S/C12H17BrN2OS/c13-10-5-6-17-11(10)7-14-8-12(16)15-9-3-1-2-4-9/h5-6,9,14H,1-4,7-8H2,(H,15,16). The molecule has 2 rings (SSSR count). The van der Waals surface area contributed by atoms with Crippen molar-refractivity contribution in [2.45, 2.75) is 38.3 Å².